The van der Waals surface area contributed by atoms with E-state index in [9.17, 15) is 0 Å². The Balaban J connectivity index is 1.77. The van der Waals surface area contributed by atoms with E-state index >= 15 is 0 Å². The Hall–Kier alpha value is -2.36. The zero-order valence-corrected chi connectivity index (χ0v) is 13.3. The maximum atomic E-state index is 6.25. The van der Waals surface area contributed by atoms with Crippen LogP contribution < -0.4 is 4.90 Å². The van der Waals surface area contributed by atoms with Gasteiger partial charge in [-0.1, -0.05) is 42.5 Å². The average Bonchev–Trinajstić information content (AvgIpc) is 3.15. The van der Waals surface area contributed by atoms with Gasteiger partial charge in [-0.15, -0.1) is 0 Å². The third kappa shape index (κ3) is 1.97. The molecule has 3 heterocycles. The number of nitrogens with zero attached hydrogens (tertiary/aromatic N) is 1. The minimum atomic E-state index is -0.0546. The molecule has 2 nitrogen and oxygen atoms in total. The Labute approximate surface area is 139 Å². The molecule has 0 saturated heterocycles. The van der Waals surface area contributed by atoms with E-state index in [0.717, 1.165) is 0 Å². The maximum Gasteiger partial charge on any atom is 0.161 e. The summed E-state index contributed by atoms with van der Waals surface area (Å²) in [6.45, 7) is 0.655. The van der Waals surface area contributed by atoms with Gasteiger partial charge in [-0.05, 0) is 29.2 Å². The summed E-state index contributed by atoms with van der Waals surface area (Å²) in [4.78, 5) is 2.34. The van der Waals surface area contributed by atoms with Crippen LogP contribution >= 0.6 is 11.3 Å². The van der Waals surface area contributed by atoms with Crippen LogP contribution in [0.1, 0.15) is 28.5 Å². The van der Waals surface area contributed by atoms with Crippen LogP contribution in [0.3, 0.4) is 0 Å². The SMILES string of the molecule is C1=C(c2ccsc2)N2c3ccccc3COC2c2ccccc21. The summed E-state index contributed by atoms with van der Waals surface area (Å²) in [5.74, 6) is 0. The molecule has 2 aliphatic heterocycles. The van der Waals surface area contributed by atoms with Crippen molar-refractivity contribution in [2.75, 3.05) is 4.90 Å². The molecule has 1 atom stereocenters. The summed E-state index contributed by atoms with van der Waals surface area (Å²) in [5, 5.41) is 4.33. The molecule has 0 fully saturated rings. The number of anilines is 1. The zero-order chi connectivity index (χ0) is 15.2. The Bertz CT molecular complexity index is 898. The molecule has 0 aliphatic carbocycles. The monoisotopic (exact) mass is 317 g/mol. The topological polar surface area (TPSA) is 12.5 Å². The van der Waals surface area contributed by atoms with Gasteiger partial charge >= 0.3 is 0 Å². The van der Waals surface area contributed by atoms with E-state index < -0.39 is 0 Å². The average molecular weight is 317 g/mol. The lowest BCUT2D eigenvalue weighted by atomic mass is 9.95. The molecular formula is C20H15NOS. The van der Waals surface area contributed by atoms with Crippen LogP contribution in [0.4, 0.5) is 5.69 Å². The van der Waals surface area contributed by atoms with Gasteiger partial charge in [0, 0.05) is 27.8 Å². The van der Waals surface area contributed by atoms with Gasteiger partial charge in [-0.25, -0.2) is 0 Å². The fourth-order valence-electron chi connectivity index (χ4n) is 3.44. The third-order valence-corrected chi connectivity index (χ3v) is 5.20. The third-order valence-electron chi connectivity index (χ3n) is 4.51. The Morgan fingerprint density at radius 2 is 1.87 bits per heavy atom. The fraction of sp³-hybridized carbons (Fsp3) is 0.100. The van der Waals surface area contributed by atoms with Crippen molar-refractivity contribution in [1.29, 1.82) is 0 Å². The van der Waals surface area contributed by atoms with E-state index in [-0.39, 0.29) is 6.23 Å². The lowest BCUT2D eigenvalue weighted by Crippen LogP contribution is -2.35. The summed E-state index contributed by atoms with van der Waals surface area (Å²) in [6, 6.07) is 19.2. The van der Waals surface area contributed by atoms with Gasteiger partial charge in [0.05, 0.1) is 12.3 Å². The Morgan fingerprint density at radius 3 is 2.78 bits per heavy atom. The number of thiophene rings is 1. The Kier molecular flexibility index (Phi) is 2.90. The van der Waals surface area contributed by atoms with Gasteiger partial charge in [0.1, 0.15) is 0 Å². The van der Waals surface area contributed by atoms with Crippen molar-refractivity contribution in [3.05, 3.63) is 87.6 Å². The normalized spacial score (nSPS) is 18.7. The summed E-state index contributed by atoms with van der Waals surface area (Å²) in [5.41, 5.74) is 7.42. The second-order valence-corrected chi connectivity index (χ2v) is 6.61. The van der Waals surface area contributed by atoms with Crippen molar-refractivity contribution in [3.63, 3.8) is 0 Å². The van der Waals surface area contributed by atoms with Gasteiger partial charge in [-0.3, -0.25) is 0 Å². The van der Waals surface area contributed by atoms with Gasteiger partial charge in [0.2, 0.25) is 0 Å². The largest absolute Gasteiger partial charge is 0.349 e. The second-order valence-electron chi connectivity index (χ2n) is 5.83. The number of fused-ring (bicyclic) bond motifs is 5. The quantitative estimate of drug-likeness (QED) is 0.604. The van der Waals surface area contributed by atoms with Crippen LogP contribution in [0.25, 0.3) is 11.8 Å². The van der Waals surface area contributed by atoms with Gasteiger partial charge in [-0.2, -0.15) is 11.3 Å². The molecule has 1 unspecified atom stereocenters. The predicted octanol–water partition coefficient (Wildman–Crippen LogP) is 5.30. The lowest BCUT2D eigenvalue weighted by Gasteiger charge is -2.43. The predicted molar refractivity (Wildman–Crippen MR) is 95.1 cm³/mol. The smallest absolute Gasteiger partial charge is 0.161 e. The van der Waals surface area contributed by atoms with E-state index in [4.69, 9.17) is 4.74 Å². The summed E-state index contributed by atoms with van der Waals surface area (Å²) in [6.07, 6.45) is 2.22. The van der Waals surface area contributed by atoms with E-state index in [1.54, 1.807) is 11.3 Å². The number of benzene rings is 2. The minimum absolute atomic E-state index is 0.0546. The summed E-state index contributed by atoms with van der Waals surface area (Å²) in [7, 11) is 0. The minimum Gasteiger partial charge on any atom is -0.349 e. The molecule has 0 N–H and O–H groups in total. The van der Waals surface area contributed by atoms with E-state index in [1.165, 1.54) is 33.6 Å². The first-order chi connectivity index (χ1) is 11.4. The van der Waals surface area contributed by atoms with Gasteiger partial charge < -0.3 is 9.64 Å². The number of para-hydroxylation sites is 1. The van der Waals surface area contributed by atoms with Gasteiger partial charge in [0.15, 0.2) is 6.23 Å². The van der Waals surface area contributed by atoms with E-state index in [1.807, 2.05) is 0 Å². The van der Waals surface area contributed by atoms with Gasteiger partial charge in [0.25, 0.3) is 0 Å². The Morgan fingerprint density at radius 1 is 1.00 bits per heavy atom. The van der Waals surface area contributed by atoms with Crippen LogP contribution in [0.15, 0.2) is 65.4 Å². The van der Waals surface area contributed by atoms with Crippen molar-refractivity contribution in [1.82, 2.24) is 0 Å². The molecule has 2 aliphatic rings. The number of ether oxygens (including phenoxy) is 1. The molecule has 0 spiro atoms. The zero-order valence-electron chi connectivity index (χ0n) is 12.5. The first kappa shape index (κ1) is 13.1. The molecule has 112 valence electrons. The highest BCUT2D eigenvalue weighted by molar-refractivity contribution is 7.08. The van der Waals surface area contributed by atoms with Crippen molar-refractivity contribution in [2.45, 2.75) is 12.8 Å². The molecular weight excluding hydrogens is 302 g/mol. The maximum absolute atomic E-state index is 6.25. The molecule has 0 radical (unpaired) electrons. The second kappa shape index (κ2) is 5.08. The standard InChI is InChI=1S/C20H15NOS/c1-3-7-17-14(5-1)11-19(16-9-10-23-13-16)21-18-8-4-2-6-15(18)12-22-20(17)21/h1-11,13,20H,12H2. The molecule has 0 bridgehead atoms. The van der Waals surface area contributed by atoms with Crippen LogP contribution in [-0.4, -0.2) is 0 Å². The number of hydrogen-bond acceptors (Lipinski definition) is 3. The van der Waals surface area contributed by atoms with Crippen molar-refractivity contribution in [2.24, 2.45) is 0 Å². The highest BCUT2D eigenvalue weighted by Gasteiger charge is 2.35. The molecule has 3 aromatic rings. The number of hydrogen-bond donors (Lipinski definition) is 0. The fourth-order valence-corrected chi connectivity index (χ4v) is 4.09. The first-order valence-corrected chi connectivity index (χ1v) is 8.68. The highest BCUT2D eigenvalue weighted by Crippen LogP contribution is 2.46. The van der Waals surface area contributed by atoms with Crippen molar-refractivity contribution >= 4 is 28.8 Å². The van der Waals surface area contributed by atoms with Crippen molar-refractivity contribution in [3.8, 4) is 0 Å². The van der Waals surface area contributed by atoms with Crippen LogP contribution in [0, 0.1) is 0 Å². The lowest BCUT2D eigenvalue weighted by molar-refractivity contribution is 0.0344. The van der Waals surface area contributed by atoms with Crippen LogP contribution in [-0.2, 0) is 11.3 Å². The molecule has 1 aromatic heterocycles. The summed E-state index contributed by atoms with van der Waals surface area (Å²) < 4.78 is 6.25. The molecule has 5 rings (SSSR count). The first-order valence-electron chi connectivity index (χ1n) is 7.74. The van der Waals surface area contributed by atoms with E-state index in [2.05, 4.69) is 76.3 Å². The van der Waals surface area contributed by atoms with Crippen molar-refractivity contribution < 1.29 is 4.74 Å². The molecule has 2 aromatic carbocycles. The molecule has 0 saturated carbocycles. The molecule has 0 amide bonds. The van der Waals surface area contributed by atoms with Crippen LogP contribution in [0.5, 0.6) is 0 Å². The van der Waals surface area contributed by atoms with E-state index in [0.29, 0.717) is 6.61 Å². The summed E-state index contributed by atoms with van der Waals surface area (Å²) >= 11 is 1.73. The number of rotatable bonds is 1. The molecule has 23 heavy (non-hydrogen) atoms. The van der Waals surface area contributed by atoms with Crippen LogP contribution in [0.2, 0.25) is 0 Å². The molecule has 3 heteroatoms. The highest BCUT2D eigenvalue weighted by atomic mass is 32.1.